The summed E-state index contributed by atoms with van der Waals surface area (Å²) in [5.41, 5.74) is 4.52. The van der Waals surface area contributed by atoms with Gasteiger partial charge in [0.1, 0.15) is 5.52 Å². The Labute approximate surface area is 190 Å². The van der Waals surface area contributed by atoms with Crippen LogP contribution in [0.3, 0.4) is 0 Å². The zero-order valence-corrected chi connectivity index (χ0v) is 19.1. The van der Waals surface area contributed by atoms with Crippen molar-refractivity contribution < 1.29 is 4.79 Å². The van der Waals surface area contributed by atoms with Crippen molar-refractivity contribution >= 4 is 34.4 Å². The van der Waals surface area contributed by atoms with Crippen molar-refractivity contribution in [1.29, 1.82) is 0 Å². The number of nitrogens with zero attached hydrogens (tertiary/aromatic N) is 4. The van der Waals surface area contributed by atoms with Crippen molar-refractivity contribution in [2.45, 2.75) is 39.0 Å². The number of nitrogens with one attached hydrogen (secondary N) is 1. The van der Waals surface area contributed by atoms with Gasteiger partial charge in [-0.1, -0.05) is 59.8 Å². The average Bonchev–Trinajstić information content (AvgIpc) is 3.12. The molecule has 0 radical (unpaired) electrons. The highest BCUT2D eigenvalue weighted by molar-refractivity contribution is 7.99. The van der Waals surface area contributed by atoms with Crippen LogP contribution in [0.25, 0.3) is 11.0 Å². The van der Waals surface area contributed by atoms with Crippen LogP contribution in [0, 0.1) is 13.8 Å². The summed E-state index contributed by atoms with van der Waals surface area (Å²) >= 11 is 1.25. The topological polar surface area (TPSA) is 81.8 Å². The van der Waals surface area contributed by atoms with E-state index in [1.807, 2.05) is 75.4 Å². The number of anilines is 1. The first-order valence-electron chi connectivity index (χ1n) is 10.5. The average molecular weight is 448 g/mol. The molecule has 4 aromatic rings. The van der Waals surface area contributed by atoms with Gasteiger partial charge in [-0.25, -0.2) is 4.98 Å². The SMILES string of the molecule is CCn1nc(C)c2nc(SCC(=O)Nc3ccccc3)n(Cc3ccc(C)cc3)c(=O)c21. The Morgan fingerprint density at radius 1 is 1.06 bits per heavy atom. The summed E-state index contributed by atoms with van der Waals surface area (Å²) < 4.78 is 3.34. The number of hydrogen-bond donors (Lipinski definition) is 1. The summed E-state index contributed by atoms with van der Waals surface area (Å²) in [7, 11) is 0. The molecule has 1 amide bonds. The van der Waals surface area contributed by atoms with Gasteiger partial charge in [0, 0.05) is 12.2 Å². The number of carbonyl (C=O) groups excluding carboxylic acids is 1. The van der Waals surface area contributed by atoms with Crippen LogP contribution in [-0.4, -0.2) is 31.0 Å². The Morgan fingerprint density at radius 2 is 1.78 bits per heavy atom. The number of hydrogen-bond acceptors (Lipinski definition) is 5. The zero-order valence-electron chi connectivity index (χ0n) is 18.3. The van der Waals surface area contributed by atoms with E-state index in [0.29, 0.717) is 35.0 Å². The number of carbonyl (C=O) groups is 1. The van der Waals surface area contributed by atoms with Crippen LogP contribution in [0.5, 0.6) is 0 Å². The van der Waals surface area contributed by atoms with Gasteiger partial charge >= 0.3 is 0 Å². The van der Waals surface area contributed by atoms with E-state index < -0.39 is 0 Å². The van der Waals surface area contributed by atoms with E-state index >= 15 is 0 Å². The van der Waals surface area contributed by atoms with Crippen molar-refractivity contribution in [3.63, 3.8) is 0 Å². The zero-order chi connectivity index (χ0) is 22.7. The lowest BCUT2D eigenvalue weighted by Gasteiger charge is -2.13. The molecule has 2 aromatic carbocycles. The maximum atomic E-state index is 13.5. The number of rotatable bonds is 7. The van der Waals surface area contributed by atoms with Gasteiger partial charge in [-0.2, -0.15) is 5.10 Å². The molecule has 0 atom stereocenters. The van der Waals surface area contributed by atoms with Crippen LogP contribution < -0.4 is 10.9 Å². The normalized spacial score (nSPS) is 11.1. The molecule has 164 valence electrons. The highest BCUT2D eigenvalue weighted by Gasteiger charge is 2.19. The summed E-state index contributed by atoms with van der Waals surface area (Å²) in [6, 6.07) is 17.4. The Hall–Kier alpha value is -3.39. The molecule has 0 fully saturated rings. The molecule has 8 heteroatoms. The molecule has 0 saturated carbocycles. The van der Waals surface area contributed by atoms with E-state index in [9.17, 15) is 9.59 Å². The first-order valence-corrected chi connectivity index (χ1v) is 11.5. The lowest BCUT2D eigenvalue weighted by molar-refractivity contribution is -0.113. The van der Waals surface area contributed by atoms with E-state index in [1.54, 1.807) is 9.25 Å². The fourth-order valence-corrected chi connectivity index (χ4v) is 4.28. The number of para-hydroxylation sites is 1. The molecule has 0 aliphatic heterocycles. The van der Waals surface area contributed by atoms with Crippen LogP contribution in [0.1, 0.15) is 23.7 Å². The molecule has 0 spiro atoms. The van der Waals surface area contributed by atoms with Crippen LogP contribution in [0.2, 0.25) is 0 Å². The molecular weight excluding hydrogens is 422 g/mol. The van der Waals surface area contributed by atoms with Crippen molar-refractivity contribution in [1.82, 2.24) is 19.3 Å². The van der Waals surface area contributed by atoms with E-state index in [0.717, 1.165) is 16.8 Å². The van der Waals surface area contributed by atoms with Gasteiger partial charge in [0.15, 0.2) is 10.7 Å². The third-order valence-electron chi connectivity index (χ3n) is 5.13. The Kier molecular flexibility index (Phi) is 6.41. The number of fused-ring (bicyclic) bond motifs is 1. The van der Waals surface area contributed by atoms with Crippen LogP contribution in [0.4, 0.5) is 5.69 Å². The molecule has 0 unspecified atom stereocenters. The molecule has 2 aromatic heterocycles. The van der Waals surface area contributed by atoms with Gasteiger partial charge in [0.2, 0.25) is 5.91 Å². The lowest BCUT2D eigenvalue weighted by Crippen LogP contribution is -2.26. The summed E-state index contributed by atoms with van der Waals surface area (Å²) in [6.07, 6.45) is 0. The van der Waals surface area contributed by atoms with Gasteiger partial charge in [0.05, 0.1) is 18.0 Å². The molecule has 0 aliphatic rings. The molecule has 0 saturated heterocycles. The van der Waals surface area contributed by atoms with Gasteiger partial charge in [0.25, 0.3) is 5.56 Å². The lowest BCUT2D eigenvalue weighted by atomic mass is 10.1. The third kappa shape index (κ3) is 4.60. The fourth-order valence-electron chi connectivity index (χ4n) is 3.49. The Balaban J connectivity index is 1.69. The van der Waals surface area contributed by atoms with E-state index in [2.05, 4.69) is 10.4 Å². The largest absolute Gasteiger partial charge is 0.325 e. The molecular formula is C24H25N5O2S. The number of benzene rings is 2. The second kappa shape index (κ2) is 9.40. The molecule has 0 aliphatic carbocycles. The van der Waals surface area contributed by atoms with Gasteiger partial charge < -0.3 is 5.32 Å². The number of thioether (sulfide) groups is 1. The maximum Gasteiger partial charge on any atom is 0.280 e. The van der Waals surface area contributed by atoms with Crippen molar-refractivity contribution in [2.24, 2.45) is 0 Å². The Morgan fingerprint density at radius 3 is 2.47 bits per heavy atom. The smallest absolute Gasteiger partial charge is 0.280 e. The monoisotopic (exact) mass is 447 g/mol. The summed E-state index contributed by atoms with van der Waals surface area (Å²) in [5.74, 6) is -0.0137. The molecule has 7 nitrogen and oxygen atoms in total. The van der Waals surface area contributed by atoms with Crippen molar-refractivity contribution in [3.8, 4) is 0 Å². The summed E-state index contributed by atoms with van der Waals surface area (Å²) in [4.78, 5) is 30.8. The van der Waals surface area contributed by atoms with Crippen molar-refractivity contribution in [2.75, 3.05) is 11.1 Å². The minimum Gasteiger partial charge on any atom is -0.325 e. The van der Waals surface area contributed by atoms with Crippen LogP contribution >= 0.6 is 11.8 Å². The number of aromatic nitrogens is 4. The molecule has 4 rings (SSSR count). The minimum absolute atomic E-state index is 0.141. The van der Waals surface area contributed by atoms with Crippen LogP contribution in [-0.2, 0) is 17.9 Å². The Bertz CT molecular complexity index is 1310. The second-order valence-corrected chi connectivity index (χ2v) is 8.52. The van der Waals surface area contributed by atoms with Gasteiger partial charge in [-0.3, -0.25) is 18.8 Å². The van der Waals surface area contributed by atoms with Crippen LogP contribution in [0.15, 0.2) is 64.5 Å². The van der Waals surface area contributed by atoms with E-state index in [4.69, 9.17) is 4.98 Å². The van der Waals surface area contributed by atoms with Gasteiger partial charge in [-0.15, -0.1) is 0 Å². The van der Waals surface area contributed by atoms with Gasteiger partial charge in [-0.05, 0) is 38.5 Å². The molecule has 2 heterocycles. The number of aryl methyl sites for hydroxylation is 3. The van der Waals surface area contributed by atoms with Crippen molar-refractivity contribution in [3.05, 3.63) is 81.8 Å². The maximum absolute atomic E-state index is 13.5. The predicted octanol–water partition coefficient (Wildman–Crippen LogP) is 4.01. The van der Waals surface area contributed by atoms with E-state index in [-0.39, 0.29) is 17.2 Å². The quantitative estimate of drug-likeness (QED) is 0.342. The summed E-state index contributed by atoms with van der Waals surface area (Å²) in [6.45, 7) is 6.78. The minimum atomic E-state index is -0.154. The standard InChI is InChI=1S/C24H25N5O2S/c1-4-29-22-21(17(3)27-29)26-24(32-15-20(30)25-19-8-6-5-7-9-19)28(23(22)31)14-18-12-10-16(2)11-13-18/h5-13H,4,14-15H2,1-3H3,(H,25,30). The second-order valence-electron chi connectivity index (χ2n) is 7.57. The highest BCUT2D eigenvalue weighted by Crippen LogP contribution is 2.21. The first kappa shape index (κ1) is 21.8. The summed E-state index contributed by atoms with van der Waals surface area (Å²) in [5, 5.41) is 7.85. The molecule has 32 heavy (non-hydrogen) atoms. The molecule has 0 bridgehead atoms. The van der Waals surface area contributed by atoms with E-state index in [1.165, 1.54) is 11.8 Å². The fraction of sp³-hybridized carbons (Fsp3) is 0.250. The number of amides is 1. The highest BCUT2D eigenvalue weighted by atomic mass is 32.2. The first-order chi connectivity index (χ1) is 15.5. The molecule has 1 N–H and O–H groups in total. The third-order valence-corrected chi connectivity index (χ3v) is 6.11. The predicted molar refractivity (Wildman–Crippen MR) is 128 cm³/mol.